The Morgan fingerprint density at radius 2 is 2.06 bits per heavy atom. The van der Waals surface area contributed by atoms with Gasteiger partial charge in [0.1, 0.15) is 18.2 Å². The molecule has 4 heteroatoms. The molecular weight excluding hydrogens is 297 g/mol. The third kappa shape index (κ3) is 6.36. The van der Waals surface area contributed by atoms with Crippen LogP contribution in [0.5, 0.6) is 5.75 Å². The Labute approximate surface area is 117 Å². The second-order valence-electron chi connectivity index (χ2n) is 4.23. The molecule has 1 rings (SSSR count). The molecule has 0 radical (unpaired) electrons. The Morgan fingerprint density at radius 1 is 1.22 bits per heavy atom. The maximum Gasteiger partial charge on any atom is 0.136 e. The van der Waals surface area contributed by atoms with E-state index in [-0.39, 0.29) is 5.82 Å². The number of ether oxygens (including phenoxy) is 1. The van der Waals surface area contributed by atoms with Crippen molar-refractivity contribution in [3.63, 3.8) is 0 Å². The van der Waals surface area contributed by atoms with Crippen LogP contribution in [0.2, 0.25) is 0 Å². The first-order valence-electron chi connectivity index (χ1n) is 6.52. The quantitative estimate of drug-likeness (QED) is 0.691. The number of hydrogen-bond acceptors (Lipinski definition) is 2. The average Bonchev–Trinajstić information content (AvgIpc) is 2.36. The Hall–Kier alpha value is -0.610. The summed E-state index contributed by atoms with van der Waals surface area (Å²) in [4.78, 5) is 0. The predicted octanol–water partition coefficient (Wildman–Crippen LogP) is 4.14. The van der Waals surface area contributed by atoms with Gasteiger partial charge >= 0.3 is 0 Å². The molecule has 0 aliphatic carbocycles. The van der Waals surface area contributed by atoms with E-state index in [0.29, 0.717) is 12.4 Å². The molecule has 0 atom stereocenters. The molecule has 0 aliphatic rings. The van der Waals surface area contributed by atoms with Crippen molar-refractivity contribution >= 4 is 15.9 Å². The molecule has 0 aliphatic heterocycles. The highest BCUT2D eigenvalue weighted by atomic mass is 79.9. The second-order valence-corrected chi connectivity index (χ2v) is 5.09. The van der Waals surface area contributed by atoms with E-state index in [0.717, 1.165) is 17.6 Å². The lowest BCUT2D eigenvalue weighted by Crippen LogP contribution is -2.22. The van der Waals surface area contributed by atoms with Gasteiger partial charge in [-0.3, -0.25) is 0 Å². The van der Waals surface area contributed by atoms with Gasteiger partial charge in [0, 0.05) is 12.6 Å². The highest BCUT2D eigenvalue weighted by molar-refractivity contribution is 9.10. The van der Waals surface area contributed by atoms with Crippen LogP contribution in [0, 0.1) is 5.82 Å². The summed E-state index contributed by atoms with van der Waals surface area (Å²) < 4.78 is 19.3. The highest BCUT2D eigenvalue weighted by Crippen LogP contribution is 2.25. The van der Waals surface area contributed by atoms with Gasteiger partial charge in [0.15, 0.2) is 0 Å². The van der Waals surface area contributed by atoms with Gasteiger partial charge in [-0.15, -0.1) is 0 Å². The Morgan fingerprint density at radius 3 is 2.83 bits per heavy atom. The molecule has 0 heterocycles. The number of unbranched alkanes of at least 4 members (excludes halogenated alkanes) is 3. The fourth-order valence-corrected chi connectivity index (χ4v) is 1.98. The molecule has 0 bridgehead atoms. The maximum atomic E-state index is 13.0. The normalized spacial score (nSPS) is 10.6. The van der Waals surface area contributed by atoms with Gasteiger partial charge in [-0.2, -0.15) is 0 Å². The number of rotatable bonds is 9. The lowest BCUT2D eigenvalue weighted by molar-refractivity contribution is 0.310. The van der Waals surface area contributed by atoms with Gasteiger partial charge in [0.25, 0.3) is 0 Å². The molecule has 0 saturated heterocycles. The second kappa shape index (κ2) is 9.34. The molecule has 1 aromatic carbocycles. The first-order chi connectivity index (χ1) is 8.74. The van der Waals surface area contributed by atoms with Crippen molar-refractivity contribution in [1.82, 2.24) is 5.32 Å². The van der Waals surface area contributed by atoms with Crippen LogP contribution in [-0.2, 0) is 0 Å². The molecule has 0 saturated carbocycles. The molecule has 18 heavy (non-hydrogen) atoms. The number of nitrogens with one attached hydrogen (secondary N) is 1. The van der Waals surface area contributed by atoms with E-state index in [9.17, 15) is 4.39 Å². The largest absolute Gasteiger partial charge is 0.491 e. The van der Waals surface area contributed by atoms with E-state index in [4.69, 9.17) is 4.74 Å². The summed E-state index contributed by atoms with van der Waals surface area (Å²) >= 11 is 3.33. The van der Waals surface area contributed by atoms with Crippen LogP contribution in [0.15, 0.2) is 22.7 Å². The van der Waals surface area contributed by atoms with E-state index in [1.165, 1.54) is 37.8 Å². The van der Waals surface area contributed by atoms with Gasteiger partial charge < -0.3 is 10.1 Å². The standard InChI is InChI=1S/C14H21BrFNO/c1-2-3-4-5-8-17-9-10-18-14-11-12(16)6-7-13(14)15/h6-7,11,17H,2-5,8-10H2,1H3. The third-order valence-electron chi connectivity index (χ3n) is 2.64. The summed E-state index contributed by atoms with van der Waals surface area (Å²) in [6, 6.07) is 4.46. The zero-order valence-corrected chi connectivity index (χ0v) is 12.4. The van der Waals surface area contributed by atoms with Crippen LogP contribution in [0.3, 0.4) is 0 Å². The summed E-state index contributed by atoms with van der Waals surface area (Å²) in [5.41, 5.74) is 0. The van der Waals surface area contributed by atoms with Crippen molar-refractivity contribution in [2.24, 2.45) is 0 Å². The monoisotopic (exact) mass is 317 g/mol. The van der Waals surface area contributed by atoms with Gasteiger partial charge in [-0.1, -0.05) is 26.2 Å². The highest BCUT2D eigenvalue weighted by Gasteiger charge is 2.02. The zero-order valence-electron chi connectivity index (χ0n) is 10.8. The predicted molar refractivity (Wildman–Crippen MR) is 76.6 cm³/mol. The lowest BCUT2D eigenvalue weighted by Gasteiger charge is -2.09. The van der Waals surface area contributed by atoms with E-state index in [2.05, 4.69) is 28.2 Å². The average molecular weight is 318 g/mol. The topological polar surface area (TPSA) is 21.3 Å². The SMILES string of the molecule is CCCCCCNCCOc1cc(F)ccc1Br. The fourth-order valence-electron chi connectivity index (χ4n) is 1.62. The van der Waals surface area contributed by atoms with Crippen molar-refractivity contribution < 1.29 is 9.13 Å². The molecule has 0 spiro atoms. The number of halogens is 2. The van der Waals surface area contributed by atoms with Gasteiger partial charge in [0.2, 0.25) is 0 Å². The molecule has 1 aromatic rings. The molecule has 1 N–H and O–H groups in total. The van der Waals surface area contributed by atoms with Crippen molar-refractivity contribution in [2.45, 2.75) is 32.6 Å². The van der Waals surface area contributed by atoms with Gasteiger partial charge in [-0.05, 0) is 41.0 Å². The molecular formula is C14H21BrFNO. The summed E-state index contributed by atoms with van der Waals surface area (Å²) in [5.74, 6) is 0.281. The molecule has 0 fully saturated rings. The van der Waals surface area contributed by atoms with Crippen LogP contribution in [0.4, 0.5) is 4.39 Å². The summed E-state index contributed by atoms with van der Waals surface area (Å²) in [7, 11) is 0. The number of hydrogen-bond donors (Lipinski definition) is 1. The van der Waals surface area contributed by atoms with Gasteiger partial charge in [-0.25, -0.2) is 4.39 Å². The smallest absolute Gasteiger partial charge is 0.136 e. The molecule has 0 amide bonds. The van der Waals surface area contributed by atoms with Crippen molar-refractivity contribution in [3.8, 4) is 5.75 Å². The summed E-state index contributed by atoms with van der Waals surface area (Å²) in [6.45, 7) is 4.57. The first-order valence-corrected chi connectivity index (χ1v) is 7.32. The molecule has 102 valence electrons. The Kier molecular flexibility index (Phi) is 8.01. The molecule has 0 aromatic heterocycles. The van der Waals surface area contributed by atoms with Gasteiger partial charge in [0.05, 0.1) is 4.47 Å². The molecule has 2 nitrogen and oxygen atoms in total. The fraction of sp³-hybridized carbons (Fsp3) is 0.571. The van der Waals surface area contributed by atoms with Crippen LogP contribution in [0.25, 0.3) is 0 Å². The summed E-state index contributed by atoms with van der Waals surface area (Å²) in [6.07, 6.45) is 5.04. The van der Waals surface area contributed by atoms with E-state index < -0.39 is 0 Å². The van der Waals surface area contributed by atoms with Crippen LogP contribution < -0.4 is 10.1 Å². The zero-order chi connectivity index (χ0) is 13.2. The Bertz CT molecular complexity index is 347. The maximum absolute atomic E-state index is 13.0. The first kappa shape index (κ1) is 15.4. The van der Waals surface area contributed by atoms with E-state index >= 15 is 0 Å². The third-order valence-corrected chi connectivity index (χ3v) is 3.29. The minimum atomic E-state index is -0.277. The lowest BCUT2D eigenvalue weighted by atomic mass is 10.2. The van der Waals surface area contributed by atoms with Crippen LogP contribution >= 0.6 is 15.9 Å². The minimum absolute atomic E-state index is 0.277. The van der Waals surface area contributed by atoms with Crippen molar-refractivity contribution in [2.75, 3.05) is 19.7 Å². The Balaban J connectivity index is 2.09. The van der Waals surface area contributed by atoms with Crippen LogP contribution in [-0.4, -0.2) is 19.7 Å². The molecule has 0 unspecified atom stereocenters. The van der Waals surface area contributed by atoms with Crippen LogP contribution in [0.1, 0.15) is 32.6 Å². The van der Waals surface area contributed by atoms with E-state index in [1.807, 2.05) is 0 Å². The van der Waals surface area contributed by atoms with Crippen molar-refractivity contribution in [1.29, 1.82) is 0 Å². The minimum Gasteiger partial charge on any atom is -0.491 e. The van der Waals surface area contributed by atoms with E-state index in [1.54, 1.807) is 6.07 Å². The van der Waals surface area contributed by atoms with Crippen molar-refractivity contribution in [3.05, 3.63) is 28.5 Å². The summed E-state index contributed by atoms with van der Waals surface area (Å²) in [5, 5.41) is 3.31. The number of benzene rings is 1.